The smallest absolute Gasteiger partial charge is 0.304 e. The zero-order valence-corrected chi connectivity index (χ0v) is 10.7. The lowest BCUT2D eigenvalue weighted by atomic mass is 10.2. The molecule has 0 aliphatic heterocycles. The van der Waals surface area contributed by atoms with Crippen LogP contribution >= 0.6 is 15.9 Å². The van der Waals surface area contributed by atoms with Gasteiger partial charge in [0.1, 0.15) is 5.82 Å². The van der Waals surface area contributed by atoms with Crippen LogP contribution in [0.15, 0.2) is 22.7 Å². The van der Waals surface area contributed by atoms with E-state index in [0.29, 0.717) is 18.7 Å². The minimum absolute atomic E-state index is 0.103. The quantitative estimate of drug-likeness (QED) is 0.744. The lowest BCUT2D eigenvalue weighted by Gasteiger charge is -2.11. The summed E-state index contributed by atoms with van der Waals surface area (Å²) in [7, 11) is 0. The van der Waals surface area contributed by atoms with Gasteiger partial charge in [-0.3, -0.25) is 4.79 Å². The summed E-state index contributed by atoms with van der Waals surface area (Å²) < 4.78 is 14.1. The molecule has 1 rings (SSSR count). The van der Waals surface area contributed by atoms with E-state index in [2.05, 4.69) is 21.2 Å². The first-order valence-electron chi connectivity index (χ1n) is 5.11. The van der Waals surface area contributed by atoms with Crippen LogP contribution < -0.4 is 11.1 Å². The summed E-state index contributed by atoms with van der Waals surface area (Å²) in [6.07, 6.45) is -0.103. The Labute approximate surface area is 107 Å². The first-order chi connectivity index (χ1) is 7.99. The normalized spacial score (nSPS) is 12.4. The van der Waals surface area contributed by atoms with Crippen LogP contribution in [0.3, 0.4) is 0 Å². The number of halogens is 2. The van der Waals surface area contributed by atoms with Gasteiger partial charge in [0.05, 0.1) is 6.42 Å². The zero-order chi connectivity index (χ0) is 12.8. The number of carboxylic acids is 1. The molecule has 0 aliphatic rings. The van der Waals surface area contributed by atoms with E-state index in [1.807, 2.05) is 0 Å². The van der Waals surface area contributed by atoms with Gasteiger partial charge in [-0.25, -0.2) is 4.39 Å². The second-order valence-corrected chi connectivity index (χ2v) is 4.64. The van der Waals surface area contributed by atoms with Gasteiger partial charge in [0.25, 0.3) is 0 Å². The molecule has 0 radical (unpaired) electrons. The number of nitrogens with one attached hydrogen (secondary N) is 1. The molecule has 0 amide bonds. The highest BCUT2D eigenvalue weighted by molar-refractivity contribution is 9.10. The van der Waals surface area contributed by atoms with Crippen molar-refractivity contribution in [2.45, 2.75) is 19.0 Å². The first kappa shape index (κ1) is 14.1. The third-order valence-corrected chi connectivity index (χ3v) is 2.66. The Balaban J connectivity index is 2.40. The van der Waals surface area contributed by atoms with Gasteiger partial charge in [0.15, 0.2) is 0 Å². The molecule has 0 aliphatic carbocycles. The fourth-order valence-corrected chi connectivity index (χ4v) is 1.78. The molecule has 4 nitrogen and oxygen atoms in total. The van der Waals surface area contributed by atoms with Crippen molar-refractivity contribution in [3.8, 4) is 0 Å². The van der Waals surface area contributed by atoms with Crippen LogP contribution in [0.5, 0.6) is 0 Å². The number of hydrogen-bond donors (Lipinski definition) is 3. The molecule has 1 aromatic carbocycles. The van der Waals surface area contributed by atoms with Gasteiger partial charge in [-0.1, -0.05) is 15.9 Å². The standard InChI is InChI=1S/C11H14BrFN2O2/c12-8-1-2-10(13)7(3-8)5-15-6-9(14)4-11(16)17/h1-3,9,15H,4-6,14H2,(H,16,17). The van der Waals surface area contributed by atoms with E-state index in [9.17, 15) is 9.18 Å². The maximum atomic E-state index is 13.3. The number of nitrogens with two attached hydrogens (primary N) is 1. The number of rotatable bonds is 6. The Morgan fingerprint density at radius 2 is 2.29 bits per heavy atom. The van der Waals surface area contributed by atoms with E-state index in [1.165, 1.54) is 6.07 Å². The highest BCUT2D eigenvalue weighted by atomic mass is 79.9. The molecule has 17 heavy (non-hydrogen) atoms. The van der Waals surface area contributed by atoms with E-state index < -0.39 is 12.0 Å². The average Bonchev–Trinajstić information content (AvgIpc) is 2.22. The van der Waals surface area contributed by atoms with Gasteiger partial charge in [0.2, 0.25) is 0 Å². The zero-order valence-electron chi connectivity index (χ0n) is 9.12. The van der Waals surface area contributed by atoms with Crippen molar-refractivity contribution in [3.05, 3.63) is 34.1 Å². The van der Waals surface area contributed by atoms with Crippen LogP contribution in [0.2, 0.25) is 0 Å². The summed E-state index contributed by atoms with van der Waals surface area (Å²) in [5.41, 5.74) is 6.08. The minimum Gasteiger partial charge on any atom is -0.481 e. The highest BCUT2D eigenvalue weighted by Gasteiger charge is 2.08. The lowest BCUT2D eigenvalue weighted by molar-refractivity contribution is -0.137. The van der Waals surface area contributed by atoms with Crippen molar-refractivity contribution in [3.63, 3.8) is 0 Å². The lowest BCUT2D eigenvalue weighted by Crippen LogP contribution is -2.35. The van der Waals surface area contributed by atoms with Crippen molar-refractivity contribution in [2.75, 3.05) is 6.54 Å². The Morgan fingerprint density at radius 3 is 2.94 bits per heavy atom. The van der Waals surface area contributed by atoms with E-state index in [4.69, 9.17) is 10.8 Å². The summed E-state index contributed by atoms with van der Waals surface area (Å²) in [6.45, 7) is 0.650. The van der Waals surface area contributed by atoms with Crippen LogP contribution in [0.25, 0.3) is 0 Å². The molecule has 94 valence electrons. The van der Waals surface area contributed by atoms with Gasteiger partial charge in [-0.2, -0.15) is 0 Å². The van der Waals surface area contributed by atoms with Gasteiger partial charge in [-0.05, 0) is 18.2 Å². The van der Waals surface area contributed by atoms with Crippen LogP contribution in [-0.4, -0.2) is 23.7 Å². The van der Waals surface area contributed by atoms with E-state index >= 15 is 0 Å². The largest absolute Gasteiger partial charge is 0.481 e. The maximum absolute atomic E-state index is 13.3. The molecule has 4 N–H and O–H groups in total. The molecule has 0 saturated carbocycles. The van der Waals surface area contributed by atoms with E-state index in [-0.39, 0.29) is 12.2 Å². The summed E-state index contributed by atoms with van der Waals surface area (Å²) in [5, 5.41) is 11.4. The summed E-state index contributed by atoms with van der Waals surface area (Å²) >= 11 is 3.25. The molecule has 6 heteroatoms. The summed E-state index contributed by atoms with van der Waals surface area (Å²) in [6, 6.07) is 4.20. The third-order valence-electron chi connectivity index (χ3n) is 2.17. The Morgan fingerprint density at radius 1 is 1.59 bits per heavy atom. The Kier molecular flexibility index (Phi) is 5.54. The highest BCUT2D eigenvalue weighted by Crippen LogP contribution is 2.15. The monoisotopic (exact) mass is 304 g/mol. The van der Waals surface area contributed by atoms with Crippen LogP contribution in [0, 0.1) is 5.82 Å². The van der Waals surface area contributed by atoms with Crippen molar-refractivity contribution >= 4 is 21.9 Å². The fraction of sp³-hybridized carbons (Fsp3) is 0.364. The van der Waals surface area contributed by atoms with Crippen LogP contribution in [0.1, 0.15) is 12.0 Å². The molecule has 1 aromatic rings. The average molecular weight is 305 g/mol. The first-order valence-corrected chi connectivity index (χ1v) is 5.90. The second kappa shape index (κ2) is 6.68. The Hall–Kier alpha value is -0.980. The van der Waals surface area contributed by atoms with Crippen molar-refractivity contribution in [2.24, 2.45) is 5.73 Å². The van der Waals surface area contributed by atoms with E-state index in [0.717, 1.165) is 4.47 Å². The van der Waals surface area contributed by atoms with Crippen molar-refractivity contribution < 1.29 is 14.3 Å². The molecule has 1 atom stereocenters. The molecule has 0 bridgehead atoms. The van der Waals surface area contributed by atoms with Crippen molar-refractivity contribution in [1.82, 2.24) is 5.32 Å². The predicted octanol–water partition coefficient (Wildman–Crippen LogP) is 1.48. The number of carbonyl (C=O) groups is 1. The SMILES string of the molecule is NC(CNCc1cc(Br)ccc1F)CC(=O)O. The van der Waals surface area contributed by atoms with Crippen LogP contribution in [-0.2, 0) is 11.3 Å². The Bertz CT molecular complexity index is 401. The molecule has 0 saturated heterocycles. The molecule has 0 spiro atoms. The summed E-state index contributed by atoms with van der Waals surface area (Å²) in [5.74, 6) is -1.24. The third kappa shape index (κ3) is 5.25. The topological polar surface area (TPSA) is 75.3 Å². The van der Waals surface area contributed by atoms with Gasteiger partial charge >= 0.3 is 5.97 Å². The van der Waals surface area contributed by atoms with E-state index in [1.54, 1.807) is 12.1 Å². The minimum atomic E-state index is -0.937. The van der Waals surface area contributed by atoms with Gasteiger partial charge in [0, 0.05) is 29.2 Å². The molecular weight excluding hydrogens is 291 g/mol. The van der Waals surface area contributed by atoms with Gasteiger partial charge < -0.3 is 16.2 Å². The number of aliphatic carboxylic acids is 1. The number of benzene rings is 1. The fourth-order valence-electron chi connectivity index (χ4n) is 1.37. The van der Waals surface area contributed by atoms with Gasteiger partial charge in [-0.15, -0.1) is 0 Å². The molecule has 1 unspecified atom stereocenters. The second-order valence-electron chi connectivity index (χ2n) is 3.72. The summed E-state index contributed by atoms with van der Waals surface area (Å²) in [4.78, 5) is 10.4. The molecule has 0 aromatic heterocycles. The van der Waals surface area contributed by atoms with Crippen molar-refractivity contribution in [1.29, 1.82) is 0 Å². The predicted molar refractivity (Wildman–Crippen MR) is 66.0 cm³/mol. The number of carboxylic acid groups (broad SMARTS) is 1. The maximum Gasteiger partial charge on any atom is 0.304 e. The number of hydrogen-bond acceptors (Lipinski definition) is 3. The molecule has 0 fully saturated rings. The molecular formula is C11H14BrFN2O2. The van der Waals surface area contributed by atoms with Crippen LogP contribution in [0.4, 0.5) is 4.39 Å². The molecule has 0 heterocycles.